The number of rotatable bonds is 4. The normalized spacial score (nSPS) is 20.8. The lowest BCUT2D eigenvalue weighted by atomic mass is 9.79. The van der Waals surface area contributed by atoms with Crippen LogP contribution in [0.15, 0.2) is 16.5 Å². The molecule has 1 aliphatic carbocycles. The average Bonchev–Trinajstić information content (AvgIpc) is 3.03. The zero-order valence-electron chi connectivity index (χ0n) is 17.8. The number of carbonyl (C=O) groups is 1. The van der Waals surface area contributed by atoms with Crippen LogP contribution < -0.4 is 5.32 Å². The van der Waals surface area contributed by atoms with Gasteiger partial charge in [-0.05, 0) is 51.4 Å². The summed E-state index contributed by atoms with van der Waals surface area (Å²) in [6, 6.07) is 3.81. The first-order valence-corrected chi connectivity index (χ1v) is 11.2. The van der Waals surface area contributed by atoms with E-state index < -0.39 is 0 Å². The number of furan rings is 1. The number of likely N-dealkylation sites (N-methyl/N-ethyl adjacent to an activating group) is 1. The van der Waals surface area contributed by atoms with E-state index in [0.717, 1.165) is 61.1 Å². The van der Waals surface area contributed by atoms with Crippen LogP contribution in [0.3, 0.4) is 0 Å². The number of carbonyl (C=O) groups excluding carboxylic acids is 1. The standard InChI is InChI=1S/C23H32ClN3O2/c1-16-13-20-18(14-19(16)24)17(2)21(29-20)22(28)25-15-23(7-5-4-6-8-23)27-11-9-26(3)10-12-27/h13-14H,4-12,15H2,1-3H3,(H,25,28). The van der Waals surface area contributed by atoms with Crippen LogP contribution in [0.2, 0.25) is 5.02 Å². The van der Waals surface area contributed by atoms with E-state index in [9.17, 15) is 4.79 Å². The fourth-order valence-corrected chi connectivity index (χ4v) is 5.14. The van der Waals surface area contributed by atoms with E-state index >= 15 is 0 Å². The minimum Gasteiger partial charge on any atom is -0.451 e. The maximum atomic E-state index is 13.1. The SMILES string of the molecule is Cc1cc2oc(C(=O)NCC3(N4CCN(C)CC4)CCCCC3)c(C)c2cc1Cl. The van der Waals surface area contributed by atoms with Crippen LogP contribution in [0.4, 0.5) is 0 Å². The molecule has 1 amide bonds. The van der Waals surface area contributed by atoms with Gasteiger partial charge >= 0.3 is 0 Å². The number of hydrogen-bond acceptors (Lipinski definition) is 4. The van der Waals surface area contributed by atoms with E-state index in [-0.39, 0.29) is 11.4 Å². The van der Waals surface area contributed by atoms with Gasteiger partial charge in [0, 0.05) is 54.2 Å². The number of benzene rings is 1. The van der Waals surface area contributed by atoms with Gasteiger partial charge in [0.15, 0.2) is 5.76 Å². The molecule has 1 aliphatic heterocycles. The average molecular weight is 418 g/mol. The zero-order valence-corrected chi connectivity index (χ0v) is 18.6. The quantitative estimate of drug-likeness (QED) is 0.801. The van der Waals surface area contributed by atoms with Gasteiger partial charge in [-0.25, -0.2) is 0 Å². The van der Waals surface area contributed by atoms with E-state index in [2.05, 4.69) is 22.2 Å². The van der Waals surface area contributed by atoms with E-state index in [1.807, 2.05) is 26.0 Å². The maximum absolute atomic E-state index is 13.1. The molecule has 4 rings (SSSR count). The number of aryl methyl sites for hydroxylation is 2. The van der Waals surface area contributed by atoms with Gasteiger partial charge in [-0.1, -0.05) is 30.9 Å². The molecule has 2 aromatic rings. The van der Waals surface area contributed by atoms with Gasteiger partial charge in [-0.3, -0.25) is 9.69 Å². The van der Waals surface area contributed by atoms with Crippen LogP contribution >= 0.6 is 11.6 Å². The second-order valence-corrected chi connectivity index (χ2v) is 9.32. The fraction of sp³-hybridized carbons (Fsp3) is 0.609. The molecule has 1 saturated carbocycles. The maximum Gasteiger partial charge on any atom is 0.287 e. The molecule has 2 heterocycles. The first-order valence-electron chi connectivity index (χ1n) is 10.8. The number of nitrogens with zero attached hydrogens (tertiary/aromatic N) is 2. The number of piperazine rings is 1. The Morgan fingerprint density at radius 1 is 1.14 bits per heavy atom. The summed E-state index contributed by atoms with van der Waals surface area (Å²) in [4.78, 5) is 18.1. The minimum atomic E-state index is -0.119. The van der Waals surface area contributed by atoms with Crippen molar-refractivity contribution in [1.29, 1.82) is 0 Å². The highest BCUT2D eigenvalue weighted by Gasteiger charge is 2.39. The Hall–Kier alpha value is -1.56. The van der Waals surface area contributed by atoms with Crippen molar-refractivity contribution in [1.82, 2.24) is 15.1 Å². The Bertz CT molecular complexity index is 893. The molecule has 2 fully saturated rings. The van der Waals surface area contributed by atoms with Crippen molar-refractivity contribution in [2.75, 3.05) is 39.8 Å². The summed E-state index contributed by atoms with van der Waals surface area (Å²) in [5.41, 5.74) is 2.61. The Balaban J connectivity index is 1.52. The van der Waals surface area contributed by atoms with Gasteiger partial charge < -0.3 is 14.6 Å². The largest absolute Gasteiger partial charge is 0.451 e. The van der Waals surface area contributed by atoms with Crippen molar-refractivity contribution in [3.63, 3.8) is 0 Å². The highest BCUT2D eigenvalue weighted by Crippen LogP contribution is 2.34. The van der Waals surface area contributed by atoms with E-state index in [4.69, 9.17) is 16.0 Å². The molecule has 1 saturated heterocycles. The predicted octanol–water partition coefficient (Wildman–Crippen LogP) is 4.38. The Morgan fingerprint density at radius 2 is 1.83 bits per heavy atom. The number of amides is 1. The van der Waals surface area contributed by atoms with Crippen LogP contribution in [-0.2, 0) is 0 Å². The van der Waals surface area contributed by atoms with Crippen LogP contribution in [-0.4, -0.2) is 61.0 Å². The lowest BCUT2D eigenvalue weighted by molar-refractivity contribution is 0.0136. The van der Waals surface area contributed by atoms with Crippen molar-refractivity contribution in [3.8, 4) is 0 Å². The number of nitrogens with one attached hydrogen (secondary N) is 1. The number of hydrogen-bond donors (Lipinski definition) is 1. The fourth-order valence-electron chi connectivity index (χ4n) is 4.98. The third kappa shape index (κ3) is 4.05. The monoisotopic (exact) mass is 417 g/mol. The van der Waals surface area contributed by atoms with Crippen LogP contribution in [0.5, 0.6) is 0 Å². The van der Waals surface area contributed by atoms with Crippen molar-refractivity contribution >= 4 is 28.5 Å². The predicted molar refractivity (Wildman–Crippen MR) is 118 cm³/mol. The topological polar surface area (TPSA) is 48.7 Å². The first kappa shape index (κ1) is 20.7. The molecule has 0 spiro atoms. The molecule has 158 valence electrons. The van der Waals surface area contributed by atoms with E-state index in [0.29, 0.717) is 17.3 Å². The molecule has 0 radical (unpaired) electrons. The number of fused-ring (bicyclic) bond motifs is 1. The highest BCUT2D eigenvalue weighted by molar-refractivity contribution is 6.32. The Labute approximate surface area is 178 Å². The number of halogens is 1. The van der Waals surface area contributed by atoms with Gasteiger partial charge in [-0.2, -0.15) is 0 Å². The summed E-state index contributed by atoms with van der Waals surface area (Å²) in [6.07, 6.45) is 6.09. The van der Waals surface area contributed by atoms with E-state index in [1.54, 1.807) is 0 Å². The molecule has 0 atom stereocenters. The highest BCUT2D eigenvalue weighted by atomic mass is 35.5. The van der Waals surface area contributed by atoms with Gasteiger partial charge in [0.05, 0.1) is 0 Å². The molecule has 5 nitrogen and oxygen atoms in total. The second-order valence-electron chi connectivity index (χ2n) is 8.91. The van der Waals surface area contributed by atoms with Crippen molar-refractivity contribution < 1.29 is 9.21 Å². The molecule has 6 heteroatoms. The zero-order chi connectivity index (χ0) is 20.6. The van der Waals surface area contributed by atoms with E-state index in [1.165, 1.54) is 19.3 Å². The first-order chi connectivity index (χ1) is 13.9. The summed E-state index contributed by atoms with van der Waals surface area (Å²) < 4.78 is 5.94. The smallest absolute Gasteiger partial charge is 0.287 e. The minimum absolute atomic E-state index is 0.0784. The third-order valence-corrected chi connectivity index (χ3v) is 7.37. The molecule has 0 bridgehead atoms. The van der Waals surface area contributed by atoms with Gasteiger partial charge in [0.25, 0.3) is 5.91 Å². The Morgan fingerprint density at radius 3 is 2.52 bits per heavy atom. The van der Waals surface area contributed by atoms with Crippen molar-refractivity contribution in [2.45, 2.75) is 51.5 Å². The summed E-state index contributed by atoms with van der Waals surface area (Å²) in [5.74, 6) is 0.289. The summed E-state index contributed by atoms with van der Waals surface area (Å²) >= 11 is 6.27. The molecule has 1 aromatic carbocycles. The van der Waals surface area contributed by atoms with Crippen molar-refractivity contribution in [3.05, 3.63) is 34.0 Å². The third-order valence-electron chi connectivity index (χ3n) is 6.96. The van der Waals surface area contributed by atoms with Gasteiger partial charge in [0.2, 0.25) is 0 Å². The molecule has 1 aromatic heterocycles. The molecule has 2 aliphatic rings. The summed E-state index contributed by atoms with van der Waals surface area (Å²) in [5, 5.41) is 4.84. The lowest BCUT2D eigenvalue weighted by Crippen LogP contribution is -2.61. The van der Waals surface area contributed by atoms with Gasteiger partial charge in [-0.15, -0.1) is 0 Å². The van der Waals surface area contributed by atoms with Gasteiger partial charge in [0.1, 0.15) is 5.58 Å². The lowest BCUT2D eigenvalue weighted by Gasteiger charge is -2.49. The molecular formula is C23H32ClN3O2. The molecule has 29 heavy (non-hydrogen) atoms. The Kier molecular flexibility index (Phi) is 5.92. The molecular weight excluding hydrogens is 386 g/mol. The molecule has 1 N–H and O–H groups in total. The van der Waals surface area contributed by atoms with Crippen LogP contribution in [0, 0.1) is 13.8 Å². The molecule has 0 unspecified atom stereocenters. The van der Waals surface area contributed by atoms with Crippen molar-refractivity contribution in [2.24, 2.45) is 0 Å². The summed E-state index contributed by atoms with van der Waals surface area (Å²) in [7, 11) is 2.19. The second kappa shape index (κ2) is 8.29. The van der Waals surface area contributed by atoms with Crippen LogP contribution in [0.1, 0.15) is 53.8 Å². The van der Waals surface area contributed by atoms with Crippen LogP contribution in [0.25, 0.3) is 11.0 Å². The summed E-state index contributed by atoms with van der Waals surface area (Å²) in [6.45, 7) is 8.91.